The van der Waals surface area contributed by atoms with Crippen molar-refractivity contribution in [2.24, 2.45) is 5.14 Å². The molecule has 144 valence electrons. The van der Waals surface area contributed by atoms with Gasteiger partial charge < -0.3 is 14.8 Å². The number of nitrogens with two attached hydrogens (primary N) is 1. The Morgan fingerprint density at radius 2 is 1.78 bits per heavy atom. The molecule has 27 heavy (non-hydrogen) atoms. The number of esters is 1. The van der Waals surface area contributed by atoms with Gasteiger partial charge in [0.05, 0.1) is 12.7 Å². The van der Waals surface area contributed by atoms with E-state index in [1.54, 1.807) is 0 Å². The normalized spacial score (nSPS) is 12.1. The number of nitrogens with one attached hydrogen (secondary N) is 1. The van der Waals surface area contributed by atoms with Crippen molar-refractivity contribution in [1.82, 2.24) is 0 Å². The van der Waals surface area contributed by atoms with Gasteiger partial charge in [0, 0.05) is 5.69 Å². The molecule has 2 rings (SSSR count). The molecule has 8 nitrogen and oxygen atoms in total. The number of benzene rings is 2. The van der Waals surface area contributed by atoms with Gasteiger partial charge in [-0.05, 0) is 49.4 Å². The van der Waals surface area contributed by atoms with E-state index in [0.29, 0.717) is 5.69 Å². The van der Waals surface area contributed by atoms with E-state index in [2.05, 4.69) is 5.32 Å². The van der Waals surface area contributed by atoms with Gasteiger partial charge in [-0.15, -0.1) is 0 Å². The van der Waals surface area contributed by atoms with Gasteiger partial charge in [0.2, 0.25) is 10.0 Å². The highest BCUT2D eigenvalue weighted by Gasteiger charge is 2.22. The van der Waals surface area contributed by atoms with Crippen LogP contribution in [0.25, 0.3) is 0 Å². The van der Waals surface area contributed by atoms with E-state index in [1.807, 2.05) is 0 Å². The lowest BCUT2D eigenvalue weighted by atomic mass is 10.2. The number of primary sulfonamides is 1. The van der Waals surface area contributed by atoms with Crippen LogP contribution in [0, 0.1) is 5.82 Å². The molecule has 1 amide bonds. The number of anilines is 1. The van der Waals surface area contributed by atoms with Crippen molar-refractivity contribution in [1.29, 1.82) is 0 Å². The summed E-state index contributed by atoms with van der Waals surface area (Å²) in [5.74, 6) is -2.06. The molecule has 1 atom stereocenters. The van der Waals surface area contributed by atoms with E-state index in [1.165, 1.54) is 50.4 Å². The fourth-order valence-corrected chi connectivity index (χ4v) is 2.81. The Kier molecular flexibility index (Phi) is 6.13. The molecule has 0 aliphatic heterocycles. The summed E-state index contributed by atoms with van der Waals surface area (Å²) >= 11 is 0. The van der Waals surface area contributed by atoms with Gasteiger partial charge in [-0.2, -0.15) is 0 Å². The molecule has 0 aliphatic rings. The molecule has 0 saturated carbocycles. The molecule has 0 heterocycles. The average molecular weight is 396 g/mol. The monoisotopic (exact) mass is 396 g/mol. The van der Waals surface area contributed by atoms with Crippen LogP contribution in [0.5, 0.6) is 5.75 Å². The zero-order chi connectivity index (χ0) is 20.2. The number of hydrogen-bond acceptors (Lipinski definition) is 6. The summed E-state index contributed by atoms with van der Waals surface area (Å²) in [6, 6.07) is 8.56. The minimum Gasteiger partial charge on any atom is -0.495 e. The largest absolute Gasteiger partial charge is 0.495 e. The molecule has 10 heteroatoms. The van der Waals surface area contributed by atoms with Gasteiger partial charge in [0.1, 0.15) is 16.5 Å². The van der Waals surface area contributed by atoms with E-state index in [9.17, 15) is 22.4 Å². The summed E-state index contributed by atoms with van der Waals surface area (Å²) in [5, 5.41) is 7.56. The first-order valence-corrected chi connectivity index (χ1v) is 9.14. The van der Waals surface area contributed by atoms with Crippen molar-refractivity contribution in [2.45, 2.75) is 17.9 Å². The maximum absolute atomic E-state index is 12.9. The van der Waals surface area contributed by atoms with E-state index >= 15 is 0 Å². The molecule has 0 spiro atoms. The van der Waals surface area contributed by atoms with E-state index < -0.39 is 33.8 Å². The molecule has 3 N–H and O–H groups in total. The number of hydrogen-bond donors (Lipinski definition) is 2. The van der Waals surface area contributed by atoms with Gasteiger partial charge in [0.15, 0.2) is 6.10 Å². The maximum atomic E-state index is 12.9. The molecule has 0 unspecified atom stereocenters. The lowest BCUT2D eigenvalue weighted by molar-refractivity contribution is -0.123. The van der Waals surface area contributed by atoms with Crippen LogP contribution in [0.3, 0.4) is 0 Å². The second kappa shape index (κ2) is 8.14. The van der Waals surface area contributed by atoms with E-state index in [4.69, 9.17) is 14.6 Å². The number of carbonyl (C=O) groups excluding carboxylic acids is 2. The Balaban J connectivity index is 2.11. The summed E-state index contributed by atoms with van der Waals surface area (Å²) < 4.78 is 46.0. The van der Waals surface area contributed by atoms with Crippen molar-refractivity contribution in [3.05, 3.63) is 53.8 Å². The standard InChI is InChI=1S/C17H17FN2O6S/c1-10(16(21)20-13-6-4-12(18)5-7-13)26-17(22)11-3-8-14(25-2)15(9-11)27(19,23)24/h3-10H,1-2H3,(H,20,21)(H2,19,23,24)/t10-/m0/s1. The second-order valence-corrected chi connectivity index (χ2v) is 6.98. The highest BCUT2D eigenvalue weighted by molar-refractivity contribution is 7.89. The predicted octanol–water partition coefficient (Wildman–Crippen LogP) is 1.67. The van der Waals surface area contributed by atoms with Gasteiger partial charge >= 0.3 is 5.97 Å². The molecular formula is C17H17FN2O6S. The van der Waals surface area contributed by atoms with Crippen molar-refractivity contribution in [3.63, 3.8) is 0 Å². The van der Waals surface area contributed by atoms with Crippen LogP contribution in [0.1, 0.15) is 17.3 Å². The first-order chi connectivity index (χ1) is 12.6. The summed E-state index contributed by atoms with van der Waals surface area (Å²) in [6.07, 6.45) is -1.19. The smallest absolute Gasteiger partial charge is 0.338 e. The molecule has 0 aliphatic carbocycles. The molecule has 0 aromatic heterocycles. The number of halogens is 1. The third kappa shape index (κ3) is 5.25. The summed E-state index contributed by atoms with van der Waals surface area (Å²) in [4.78, 5) is 23.9. The Morgan fingerprint density at radius 1 is 1.15 bits per heavy atom. The van der Waals surface area contributed by atoms with Gasteiger partial charge in [0.25, 0.3) is 5.91 Å². The van der Waals surface area contributed by atoms with Gasteiger partial charge in [-0.1, -0.05) is 0 Å². The van der Waals surface area contributed by atoms with Gasteiger partial charge in [-0.3, -0.25) is 4.79 Å². The SMILES string of the molecule is COc1ccc(C(=O)O[C@@H](C)C(=O)Nc2ccc(F)cc2)cc1S(N)(=O)=O. The van der Waals surface area contributed by atoms with Crippen LogP contribution >= 0.6 is 0 Å². The number of ether oxygens (including phenoxy) is 2. The predicted molar refractivity (Wildman–Crippen MR) is 94.3 cm³/mol. The molecule has 2 aromatic carbocycles. The van der Waals surface area contributed by atoms with E-state index in [-0.39, 0.29) is 16.2 Å². The molecule has 0 saturated heterocycles. The van der Waals surface area contributed by atoms with Crippen molar-refractivity contribution in [2.75, 3.05) is 12.4 Å². The third-order valence-electron chi connectivity index (χ3n) is 3.47. The summed E-state index contributed by atoms with van der Waals surface area (Å²) in [7, 11) is -2.88. The minimum atomic E-state index is -4.13. The number of methoxy groups -OCH3 is 1. The highest BCUT2D eigenvalue weighted by atomic mass is 32.2. The highest BCUT2D eigenvalue weighted by Crippen LogP contribution is 2.24. The Morgan fingerprint density at radius 3 is 2.33 bits per heavy atom. The first-order valence-electron chi connectivity index (χ1n) is 7.60. The van der Waals surface area contributed by atoms with Crippen molar-refractivity contribution >= 4 is 27.6 Å². The topological polar surface area (TPSA) is 125 Å². The first kappa shape index (κ1) is 20.3. The van der Waals surface area contributed by atoms with Crippen LogP contribution in [0.15, 0.2) is 47.4 Å². The zero-order valence-corrected chi connectivity index (χ0v) is 15.2. The van der Waals surface area contributed by atoms with Crippen LogP contribution < -0.4 is 15.2 Å². The molecule has 2 aromatic rings. The number of amides is 1. The van der Waals surface area contributed by atoms with Crippen molar-refractivity contribution < 1.29 is 31.9 Å². The fourth-order valence-electron chi connectivity index (χ4n) is 2.09. The summed E-state index contributed by atoms with van der Waals surface area (Å²) in [5.41, 5.74) is 0.200. The van der Waals surface area contributed by atoms with Crippen LogP contribution in [-0.2, 0) is 19.6 Å². The average Bonchev–Trinajstić information content (AvgIpc) is 2.62. The Hall–Kier alpha value is -2.98. The number of rotatable bonds is 6. The number of sulfonamides is 1. The minimum absolute atomic E-state index is 0.0313. The van der Waals surface area contributed by atoms with Crippen LogP contribution in [-0.4, -0.2) is 33.5 Å². The molecule has 0 fully saturated rings. The Bertz CT molecular complexity index is 960. The second-order valence-electron chi connectivity index (χ2n) is 5.45. The number of carbonyl (C=O) groups is 2. The third-order valence-corrected chi connectivity index (χ3v) is 4.40. The molecular weight excluding hydrogens is 379 g/mol. The van der Waals surface area contributed by atoms with Crippen LogP contribution in [0.4, 0.5) is 10.1 Å². The fraction of sp³-hybridized carbons (Fsp3) is 0.176. The molecule has 0 radical (unpaired) electrons. The Labute approximate surface area is 155 Å². The lowest BCUT2D eigenvalue weighted by Crippen LogP contribution is -2.30. The quantitative estimate of drug-likeness (QED) is 0.716. The molecule has 0 bridgehead atoms. The van der Waals surface area contributed by atoms with Crippen LogP contribution in [0.2, 0.25) is 0 Å². The van der Waals surface area contributed by atoms with E-state index in [0.717, 1.165) is 6.07 Å². The van der Waals surface area contributed by atoms with Gasteiger partial charge in [-0.25, -0.2) is 22.7 Å². The summed E-state index contributed by atoms with van der Waals surface area (Å²) in [6.45, 7) is 1.33. The maximum Gasteiger partial charge on any atom is 0.338 e. The zero-order valence-electron chi connectivity index (χ0n) is 14.4. The lowest BCUT2D eigenvalue weighted by Gasteiger charge is -2.14. The van der Waals surface area contributed by atoms with Crippen molar-refractivity contribution in [3.8, 4) is 5.75 Å².